The van der Waals surface area contributed by atoms with E-state index in [0.717, 1.165) is 17.8 Å². The van der Waals surface area contributed by atoms with Crippen molar-refractivity contribution in [2.24, 2.45) is 28.9 Å². The summed E-state index contributed by atoms with van der Waals surface area (Å²) in [4.78, 5) is 0. The van der Waals surface area contributed by atoms with Gasteiger partial charge < -0.3 is 5.73 Å². The Labute approximate surface area is 86.4 Å². The van der Waals surface area contributed by atoms with Gasteiger partial charge in [0.2, 0.25) is 0 Å². The summed E-state index contributed by atoms with van der Waals surface area (Å²) in [7, 11) is 0. The molecule has 0 aromatic heterocycles. The molecule has 4 aliphatic rings. The summed E-state index contributed by atoms with van der Waals surface area (Å²) in [5.74, 6) is 9.66. The summed E-state index contributed by atoms with van der Waals surface area (Å²) in [6.45, 7) is 0.543. The van der Waals surface area contributed by atoms with Crippen molar-refractivity contribution >= 4 is 0 Å². The van der Waals surface area contributed by atoms with Crippen molar-refractivity contribution in [1.82, 2.24) is 0 Å². The van der Waals surface area contributed by atoms with Crippen LogP contribution in [0, 0.1) is 35.0 Å². The monoisotopic (exact) mass is 189 g/mol. The molecule has 4 saturated carbocycles. The van der Waals surface area contributed by atoms with Crippen LogP contribution in [0.1, 0.15) is 38.5 Å². The van der Waals surface area contributed by atoms with Crippen LogP contribution in [0.15, 0.2) is 0 Å². The number of hydrogen-bond acceptors (Lipinski definition) is 1. The zero-order valence-electron chi connectivity index (χ0n) is 8.76. The van der Waals surface area contributed by atoms with Crippen molar-refractivity contribution in [3.05, 3.63) is 0 Å². The fourth-order valence-corrected chi connectivity index (χ4v) is 4.50. The van der Waals surface area contributed by atoms with Gasteiger partial charge in [-0.25, -0.2) is 0 Å². The summed E-state index contributed by atoms with van der Waals surface area (Å²) in [6, 6.07) is 0. The molecule has 0 amide bonds. The zero-order chi connectivity index (χ0) is 9.60. The van der Waals surface area contributed by atoms with E-state index < -0.39 is 0 Å². The van der Waals surface area contributed by atoms with Crippen molar-refractivity contribution in [3.63, 3.8) is 0 Å². The van der Waals surface area contributed by atoms with E-state index in [4.69, 9.17) is 5.73 Å². The van der Waals surface area contributed by atoms with Gasteiger partial charge in [-0.1, -0.05) is 11.8 Å². The maximum absolute atomic E-state index is 5.48. The van der Waals surface area contributed by atoms with Gasteiger partial charge in [0.05, 0.1) is 6.54 Å². The molecule has 2 N–H and O–H groups in total. The van der Waals surface area contributed by atoms with E-state index in [2.05, 4.69) is 11.8 Å². The fourth-order valence-electron chi connectivity index (χ4n) is 4.50. The van der Waals surface area contributed by atoms with Crippen molar-refractivity contribution in [2.75, 3.05) is 6.54 Å². The minimum atomic E-state index is 0.411. The van der Waals surface area contributed by atoms with E-state index in [1.807, 2.05) is 0 Å². The highest BCUT2D eigenvalue weighted by atomic mass is 14.5. The average Bonchev–Trinajstić information content (AvgIpc) is 2.12. The Morgan fingerprint density at radius 1 is 1.00 bits per heavy atom. The third kappa shape index (κ3) is 1.28. The number of rotatable bonds is 0. The minimum absolute atomic E-state index is 0.411. The minimum Gasteiger partial charge on any atom is -0.320 e. The molecule has 1 heteroatoms. The zero-order valence-corrected chi connectivity index (χ0v) is 8.76. The second-order valence-corrected chi connectivity index (χ2v) is 5.70. The van der Waals surface area contributed by atoms with E-state index in [9.17, 15) is 0 Å². The van der Waals surface area contributed by atoms with Gasteiger partial charge in [-0.2, -0.15) is 0 Å². The van der Waals surface area contributed by atoms with Gasteiger partial charge in [0.25, 0.3) is 0 Å². The summed E-state index contributed by atoms with van der Waals surface area (Å²) in [5, 5.41) is 0. The van der Waals surface area contributed by atoms with Gasteiger partial charge in [0, 0.05) is 5.41 Å². The molecule has 0 spiro atoms. The molecule has 0 unspecified atom stereocenters. The van der Waals surface area contributed by atoms with Gasteiger partial charge in [0.1, 0.15) is 0 Å². The molecule has 4 aliphatic carbocycles. The molecule has 1 nitrogen and oxygen atoms in total. The Hall–Kier alpha value is -0.480. The number of nitrogens with two attached hydrogens (primary N) is 1. The molecule has 4 fully saturated rings. The summed E-state index contributed by atoms with van der Waals surface area (Å²) in [5.41, 5.74) is 5.90. The molecule has 0 aromatic carbocycles. The van der Waals surface area contributed by atoms with Gasteiger partial charge in [-0.15, -0.1) is 0 Å². The molecule has 0 saturated heterocycles. The van der Waals surface area contributed by atoms with E-state index >= 15 is 0 Å². The third-order valence-corrected chi connectivity index (χ3v) is 4.49. The molecule has 0 heterocycles. The molecule has 0 radical (unpaired) electrons. The molecule has 0 atom stereocenters. The van der Waals surface area contributed by atoms with Crippen molar-refractivity contribution in [3.8, 4) is 11.8 Å². The van der Waals surface area contributed by atoms with Gasteiger partial charge in [-0.3, -0.25) is 0 Å². The average molecular weight is 189 g/mol. The predicted molar refractivity (Wildman–Crippen MR) is 57.4 cm³/mol. The normalized spacial score (nSPS) is 48.8. The molecule has 76 valence electrons. The lowest BCUT2D eigenvalue weighted by molar-refractivity contribution is -0.0181. The molecule has 14 heavy (non-hydrogen) atoms. The Balaban J connectivity index is 1.87. The molecule has 0 aliphatic heterocycles. The SMILES string of the molecule is NCC#CC12CC3CC(CC(C3)C1)C2. The first-order valence-electron chi connectivity index (χ1n) is 6.00. The number of hydrogen-bond donors (Lipinski definition) is 1. The lowest BCUT2D eigenvalue weighted by Crippen LogP contribution is -2.45. The van der Waals surface area contributed by atoms with Crippen molar-refractivity contribution in [1.29, 1.82) is 0 Å². The van der Waals surface area contributed by atoms with Crippen LogP contribution in [-0.4, -0.2) is 6.54 Å². The highest BCUT2D eigenvalue weighted by Crippen LogP contribution is 2.59. The Kier molecular flexibility index (Phi) is 1.89. The molecular formula is C13H19N. The largest absolute Gasteiger partial charge is 0.320 e. The maximum atomic E-state index is 5.48. The van der Waals surface area contributed by atoms with Gasteiger partial charge >= 0.3 is 0 Å². The first-order chi connectivity index (χ1) is 6.80. The van der Waals surface area contributed by atoms with Crippen LogP contribution in [0.4, 0.5) is 0 Å². The van der Waals surface area contributed by atoms with Gasteiger partial charge in [0.15, 0.2) is 0 Å². The van der Waals surface area contributed by atoms with Crippen LogP contribution < -0.4 is 5.73 Å². The first kappa shape index (κ1) is 8.80. The van der Waals surface area contributed by atoms with Crippen LogP contribution in [0.25, 0.3) is 0 Å². The molecule has 4 rings (SSSR count). The second-order valence-electron chi connectivity index (χ2n) is 5.70. The smallest absolute Gasteiger partial charge is 0.0551 e. The highest BCUT2D eigenvalue weighted by Gasteiger charge is 2.50. The van der Waals surface area contributed by atoms with Gasteiger partial charge in [-0.05, 0) is 56.3 Å². The first-order valence-corrected chi connectivity index (χ1v) is 6.00. The summed E-state index contributed by atoms with van der Waals surface area (Å²) >= 11 is 0. The predicted octanol–water partition coefficient (Wildman–Crippen LogP) is 2.16. The lowest BCUT2D eigenvalue weighted by atomic mass is 9.50. The summed E-state index contributed by atoms with van der Waals surface area (Å²) in [6.07, 6.45) is 8.65. The second kappa shape index (κ2) is 3.00. The molecule has 4 bridgehead atoms. The van der Waals surface area contributed by atoms with E-state index in [1.54, 1.807) is 0 Å². The summed E-state index contributed by atoms with van der Waals surface area (Å²) < 4.78 is 0. The van der Waals surface area contributed by atoms with E-state index in [0.29, 0.717) is 12.0 Å². The molecule has 0 aromatic rings. The topological polar surface area (TPSA) is 26.0 Å². The van der Waals surface area contributed by atoms with E-state index in [1.165, 1.54) is 38.5 Å². The van der Waals surface area contributed by atoms with Crippen LogP contribution in [0.3, 0.4) is 0 Å². The lowest BCUT2D eigenvalue weighted by Gasteiger charge is -2.54. The van der Waals surface area contributed by atoms with Crippen LogP contribution in [0.2, 0.25) is 0 Å². The Morgan fingerprint density at radius 2 is 1.50 bits per heavy atom. The van der Waals surface area contributed by atoms with E-state index in [-0.39, 0.29) is 0 Å². The Morgan fingerprint density at radius 3 is 1.93 bits per heavy atom. The quantitative estimate of drug-likeness (QED) is 0.581. The molecular weight excluding hydrogens is 170 g/mol. The Bertz CT molecular complexity index is 259. The van der Waals surface area contributed by atoms with Crippen LogP contribution >= 0.6 is 0 Å². The highest BCUT2D eigenvalue weighted by molar-refractivity contribution is 5.18. The standard InChI is InChI=1S/C13H19N/c14-3-1-2-13-7-10-4-11(8-13)6-12(5-10)9-13/h10-12H,3-9,14H2. The van der Waals surface area contributed by atoms with Crippen molar-refractivity contribution < 1.29 is 0 Å². The maximum Gasteiger partial charge on any atom is 0.0551 e. The van der Waals surface area contributed by atoms with Crippen molar-refractivity contribution in [2.45, 2.75) is 38.5 Å². The van der Waals surface area contributed by atoms with Crippen LogP contribution in [-0.2, 0) is 0 Å². The fraction of sp³-hybridized carbons (Fsp3) is 0.846. The third-order valence-electron chi connectivity index (χ3n) is 4.49. The van der Waals surface area contributed by atoms with Crippen LogP contribution in [0.5, 0.6) is 0 Å².